The highest BCUT2D eigenvalue weighted by Gasteiger charge is 2.48. The van der Waals surface area contributed by atoms with Crippen LogP contribution in [0.3, 0.4) is 0 Å². The van der Waals surface area contributed by atoms with Gasteiger partial charge in [-0.1, -0.05) is 154 Å². The van der Waals surface area contributed by atoms with E-state index in [9.17, 15) is 0 Å². The second kappa shape index (κ2) is 18.3. The SMILES string of the molecule is CCCCc1ccc(Cc2cc(C3OC(CC)[C@@H](OCc4ccccc4)C(OCc4ccccc4)[C@H]3OCc3ccccc3)ccc2C)cc1. The van der Waals surface area contributed by atoms with E-state index in [0.29, 0.717) is 19.8 Å². The number of hydrogen-bond donors (Lipinski definition) is 0. The van der Waals surface area contributed by atoms with Crippen molar-refractivity contribution in [2.45, 2.75) is 103 Å². The lowest BCUT2D eigenvalue weighted by atomic mass is 9.87. The minimum atomic E-state index is -0.407. The Kier molecular flexibility index (Phi) is 13.1. The van der Waals surface area contributed by atoms with Crippen molar-refractivity contribution in [3.8, 4) is 0 Å². The Morgan fingerprint density at radius 3 is 1.60 bits per heavy atom. The van der Waals surface area contributed by atoms with Crippen LogP contribution in [-0.2, 0) is 51.6 Å². The summed E-state index contributed by atoms with van der Waals surface area (Å²) in [7, 11) is 0. The van der Waals surface area contributed by atoms with Gasteiger partial charge in [-0.3, -0.25) is 0 Å². The minimum absolute atomic E-state index is 0.179. The predicted octanol–water partition coefficient (Wildman–Crippen LogP) is 10.5. The molecule has 0 bridgehead atoms. The van der Waals surface area contributed by atoms with E-state index >= 15 is 0 Å². The molecule has 4 heteroatoms. The lowest BCUT2D eigenvalue weighted by Crippen LogP contribution is -2.57. The van der Waals surface area contributed by atoms with Crippen molar-refractivity contribution in [2.24, 2.45) is 0 Å². The van der Waals surface area contributed by atoms with Gasteiger partial charge in [-0.25, -0.2) is 0 Å². The maximum absolute atomic E-state index is 7.07. The van der Waals surface area contributed by atoms with Crippen LogP contribution in [0.1, 0.15) is 83.7 Å². The van der Waals surface area contributed by atoms with Crippen molar-refractivity contribution in [2.75, 3.05) is 0 Å². The topological polar surface area (TPSA) is 36.9 Å². The van der Waals surface area contributed by atoms with Crippen molar-refractivity contribution in [3.05, 3.63) is 178 Å². The molecule has 5 atom stereocenters. The van der Waals surface area contributed by atoms with Crippen LogP contribution in [0.2, 0.25) is 0 Å². The molecule has 1 aliphatic heterocycles. The van der Waals surface area contributed by atoms with Gasteiger partial charge in [0.15, 0.2) is 0 Å². The van der Waals surface area contributed by atoms with Crippen molar-refractivity contribution in [1.82, 2.24) is 0 Å². The molecule has 5 aromatic rings. The first-order chi connectivity index (χ1) is 24.6. The molecule has 50 heavy (non-hydrogen) atoms. The second-order valence-corrected chi connectivity index (χ2v) is 13.6. The molecule has 6 rings (SSSR count). The number of ether oxygens (including phenoxy) is 4. The molecule has 0 spiro atoms. The molecule has 4 nitrogen and oxygen atoms in total. The fourth-order valence-electron chi connectivity index (χ4n) is 6.87. The van der Waals surface area contributed by atoms with E-state index in [4.69, 9.17) is 18.9 Å². The molecular weight excluding hydrogens is 617 g/mol. The zero-order chi connectivity index (χ0) is 34.5. The lowest BCUT2D eigenvalue weighted by molar-refractivity contribution is -0.267. The van der Waals surface area contributed by atoms with Gasteiger partial charge < -0.3 is 18.9 Å². The van der Waals surface area contributed by atoms with E-state index in [2.05, 4.69) is 124 Å². The maximum Gasteiger partial charge on any atom is 0.117 e. The molecule has 5 aromatic carbocycles. The molecule has 0 N–H and O–H groups in total. The standard InChI is InChI=1S/C46H52O4/c1-4-6-16-35-24-26-36(27-25-35)29-41-30-40(28-23-34(41)3)43-45(48-32-38-19-12-8-13-20-38)46(49-33-39-21-14-9-15-22-39)44(42(5-2)50-43)47-31-37-17-10-7-11-18-37/h7-15,17-28,30,42-46H,4-6,16,29,31-33H2,1-3H3/t42?,43?,44-,45+,46?/m1/s1. The fourth-order valence-corrected chi connectivity index (χ4v) is 6.87. The highest BCUT2D eigenvalue weighted by molar-refractivity contribution is 5.38. The van der Waals surface area contributed by atoms with Gasteiger partial charge in [0.2, 0.25) is 0 Å². The van der Waals surface area contributed by atoms with Gasteiger partial charge in [-0.2, -0.15) is 0 Å². The molecular formula is C46H52O4. The Labute approximate surface area is 299 Å². The van der Waals surface area contributed by atoms with E-state index in [1.165, 1.54) is 35.1 Å². The Hall–Kier alpha value is -4.06. The Morgan fingerprint density at radius 1 is 0.540 bits per heavy atom. The number of benzene rings is 5. The van der Waals surface area contributed by atoms with Crippen molar-refractivity contribution in [3.63, 3.8) is 0 Å². The van der Waals surface area contributed by atoms with E-state index in [1.54, 1.807) is 0 Å². The third-order valence-electron chi connectivity index (χ3n) is 9.83. The van der Waals surface area contributed by atoms with Gasteiger partial charge in [-0.05, 0) is 77.1 Å². The molecule has 1 saturated heterocycles. The van der Waals surface area contributed by atoms with Crippen LogP contribution >= 0.6 is 0 Å². The maximum atomic E-state index is 7.07. The van der Waals surface area contributed by atoms with E-state index in [0.717, 1.165) is 41.5 Å². The quantitative estimate of drug-likeness (QED) is 0.105. The third kappa shape index (κ3) is 9.58. The molecule has 0 saturated carbocycles. The summed E-state index contributed by atoms with van der Waals surface area (Å²) in [6.45, 7) is 7.99. The smallest absolute Gasteiger partial charge is 0.117 e. The average molecular weight is 669 g/mol. The number of rotatable bonds is 16. The van der Waals surface area contributed by atoms with Crippen molar-refractivity contribution in [1.29, 1.82) is 0 Å². The average Bonchev–Trinajstić information content (AvgIpc) is 3.17. The van der Waals surface area contributed by atoms with E-state index < -0.39 is 6.10 Å². The normalized spacial score (nSPS) is 20.5. The van der Waals surface area contributed by atoms with Crippen LogP contribution < -0.4 is 0 Å². The van der Waals surface area contributed by atoms with Crippen LogP contribution in [0.15, 0.2) is 133 Å². The third-order valence-corrected chi connectivity index (χ3v) is 9.83. The molecule has 1 heterocycles. The first-order valence-corrected chi connectivity index (χ1v) is 18.4. The number of aryl methyl sites for hydroxylation is 2. The zero-order valence-corrected chi connectivity index (χ0v) is 29.9. The summed E-state index contributed by atoms with van der Waals surface area (Å²) >= 11 is 0. The van der Waals surface area contributed by atoms with Crippen LogP contribution in [0.25, 0.3) is 0 Å². The lowest BCUT2D eigenvalue weighted by Gasteiger charge is -2.46. The van der Waals surface area contributed by atoms with Gasteiger partial charge in [0.05, 0.1) is 25.9 Å². The highest BCUT2D eigenvalue weighted by atomic mass is 16.6. The van der Waals surface area contributed by atoms with Crippen molar-refractivity contribution >= 4 is 0 Å². The molecule has 0 aliphatic carbocycles. The van der Waals surface area contributed by atoms with Gasteiger partial charge in [0.25, 0.3) is 0 Å². The Bertz CT molecular complexity index is 1700. The molecule has 1 fully saturated rings. The Morgan fingerprint density at radius 2 is 1.06 bits per heavy atom. The predicted molar refractivity (Wildman–Crippen MR) is 202 cm³/mol. The summed E-state index contributed by atoms with van der Waals surface area (Å²) in [5.74, 6) is 0. The molecule has 0 radical (unpaired) electrons. The first kappa shape index (κ1) is 35.8. The number of unbranched alkanes of at least 4 members (excludes halogenated alkanes) is 1. The summed E-state index contributed by atoms with van der Waals surface area (Å²) in [5.41, 5.74) is 9.75. The molecule has 260 valence electrons. The fraction of sp³-hybridized carbons (Fsp3) is 0.348. The highest BCUT2D eigenvalue weighted by Crippen LogP contribution is 2.40. The molecule has 1 aliphatic rings. The Balaban J connectivity index is 1.33. The van der Waals surface area contributed by atoms with Crippen LogP contribution in [-0.4, -0.2) is 24.4 Å². The monoisotopic (exact) mass is 668 g/mol. The largest absolute Gasteiger partial charge is 0.368 e. The van der Waals surface area contributed by atoms with Gasteiger partial charge >= 0.3 is 0 Å². The van der Waals surface area contributed by atoms with E-state index in [-0.39, 0.29) is 24.4 Å². The van der Waals surface area contributed by atoms with Crippen LogP contribution in [0, 0.1) is 6.92 Å². The molecule has 3 unspecified atom stereocenters. The summed E-state index contributed by atoms with van der Waals surface area (Å²) in [6, 6.07) is 47.0. The first-order valence-electron chi connectivity index (χ1n) is 18.4. The van der Waals surface area contributed by atoms with Crippen LogP contribution in [0.4, 0.5) is 0 Å². The van der Waals surface area contributed by atoms with Gasteiger partial charge in [0.1, 0.15) is 24.4 Å². The second-order valence-electron chi connectivity index (χ2n) is 13.6. The van der Waals surface area contributed by atoms with Gasteiger partial charge in [0, 0.05) is 0 Å². The number of hydrogen-bond acceptors (Lipinski definition) is 4. The summed E-state index contributed by atoms with van der Waals surface area (Å²) in [4.78, 5) is 0. The summed E-state index contributed by atoms with van der Waals surface area (Å²) < 4.78 is 27.7. The van der Waals surface area contributed by atoms with E-state index in [1.807, 2.05) is 30.3 Å². The van der Waals surface area contributed by atoms with Crippen molar-refractivity contribution < 1.29 is 18.9 Å². The zero-order valence-electron chi connectivity index (χ0n) is 29.9. The summed E-state index contributed by atoms with van der Waals surface area (Å²) in [6.07, 6.45) is 3.61. The van der Waals surface area contributed by atoms with Crippen LogP contribution in [0.5, 0.6) is 0 Å². The minimum Gasteiger partial charge on any atom is -0.368 e. The molecule has 0 amide bonds. The summed E-state index contributed by atoms with van der Waals surface area (Å²) in [5, 5.41) is 0. The van der Waals surface area contributed by atoms with Gasteiger partial charge in [-0.15, -0.1) is 0 Å². The molecule has 0 aromatic heterocycles.